The molecule has 3 N–H and O–H groups in total. The largest absolute Gasteiger partial charge is 0.399 e. The second-order valence-corrected chi connectivity index (χ2v) is 4.75. The normalized spacial score (nSPS) is 10.1. The van der Waals surface area contributed by atoms with Gasteiger partial charge in [0, 0.05) is 11.8 Å². The van der Waals surface area contributed by atoms with Crippen LogP contribution in [0.4, 0.5) is 17.1 Å². The maximum Gasteiger partial charge on any atom is 0.293 e. The van der Waals surface area contributed by atoms with Crippen LogP contribution in [0.3, 0.4) is 0 Å². The zero-order valence-corrected chi connectivity index (χ0v) is 11.5. The van der Waals surface area contributed by atoms with Gasteiger partial charge < -0.3 is 11.1 Å². The molecule has 0 bridgehead atoms. The number of nitro benzene ring substituents is 1. The number of rotatable bonds is 4. The number of anilines is 2. The highest BCUT2D eigenvalue weighted by Crippen LogP contribution is 2.25. The Hall–Kier alpha value is -2.89. The van der Waals surface area contributed by atoms with Crippen molar-refractivity contribution in [2.45, 2.75) is 13.3 Å². The molecule has 0 radical (unpaired) electrons. The maximum absolute atomic E-state index is 12.0. The lowest BCUT2D eigenvalue weighted by atomic mass is 10.1. The summed E-state index contributed by atoms with van der Waals surface area (Å²) >= 11 is 0. The summed E-state index contributed by atoms with van der Waals surface area (Å²) < 4.78 is 0. The summed E-state index contributed by atoms with van der Waals surface area (Å²) in [6.45, 7) is 1.76. The fourth-order valence-corrected chi connectivity index (χ4v) is 1.98. The number of amides is 1. The third-order valence-electron chi connectivity index (χ3n) is 2.94. The predicted octanol–water partition coefficient (Wildman–Crippen LogP) is 2.67. The molecule has 0 aromatic heterocycles. The molecule has 0 spiro atoms. The molecule has 0 aliphatic rings. The third-order valence-corrected chi connectivity index (χ3v) is 2.94. The molecule has 0 aliphatic carbocycles. The van der Waals surface area contributed by atoms with E-state index in [4.69, 9.17) is 5.73 Å². The minimum Gasteiger partial charge on any atom is -0.399 e. The number of aryl methyl sites for hydroxylation is 1. The van der Waals surface area contributed by atoms with E-state index in [1.165, 1.54) is 12.1 Å². The van der Waals surface area contributed by atoms with Crippen LogP contribution in [0, 0.1) is 17.0 Å². The molecule has 0 unspecified atom stereocenters. The molecule has 2 aromatic carbocycles. The molecule has 6 heteroatoms. The number of nitro groups is 1. The molecule has 108 valence electrons. The molecule has 21 heavy (non-hydrogen) atoms. The van der Waals surface area contributed by atoms with Gasteiger partial charge in [0.2, 0.25) is 5.91 Å². The van der Waals surface area contributed by atoms with E-state index in [-0.39, 0.29) is 23.7 Å². The maximum atomic E-state index is 12.0. The first kappa shape index (κ1) is 14.5. The summed E-state index contributed by atoms with van der Waals surface area (Å²) in [5.41, 5.74) is 7.81. The smallest absolute Gasteiger partial charge is 0.293 e. The predicted molar refractivity (Wildman–Crippen MR) is 81.0 cm³/mol. The molecule has 0 saturated heterocycles. The number of hydrogen-bond donors (Lipinski definition) is 2. The van der Waals surface area contributed by atoms with Gasteiger partial charge >= 0.3 is 0 Å². The molecule has 2 aromatic rings. The van der Waals surface area contributed by atoms with E-state index in [9.17, 15) is 14.9 Å². The molecule has 0 atom stereocenters. The molecular weight excluding hydrogens is 270 g/mol. The van der Waals surface area contributed by atoms with Crippen LogP contribution in [-0.4, -0.2) is 10.8 Å². The average Bonchev–Trinajstić information content (AvgIpc) is 2.40. The van der Waals surface area contributed by atoms with Gasteiger partial charge in [0.15, 0.2) is 0 Å². The van der Waals surface area contributed by atoms with E-state index in [0.717, 1.165) is 11.1 Å². The number of nitrogens with zero attached hydrogens (tertiary/aromatic N) is 1. The van der Waals surface area contributed by atoms with Crippen LogP contribution < -0.4 is 11.1 Å². The van der Waals surface area contributed by atoms with Crippen molar-refractivity contribution in [2.24, 2.45) is 0 Å². The number of carbonyl (C=O) groups is 1. The summed E-state index contributed by atoms with van der Waals surface area (Å²) in [6, 6.07) is 11.6. The Morgan fingerprint density at radius 2 is 2.05 bits per heavy atom. The van der Waals surface area contributed by atoms with Gasteiger partial charge in [-0.1, -0.05) is 18.2 Å². The van der Waals surface area contributed by atoms with Crippen molar-refractivity contribution in [3.05, 3.63) is 63.7 Å². The monoisotopic (exact) mass is 285 g/mol. The molecule has 0 fully saturated rings. The Balaban J connectivity index is 2.15. The van der Waals surface area contributed by atoms with E-state index in [2.05, 4.69) is 5.32 Å². The fourth-order valence-electron chi connectivity index (χ4n) is 1.98. The first-order valence-corrected chi connectivity index (χ1v) is 6.35. The molecular formula is C15H15N3O3. The van der Waals surface area contributed by atoms with Gasteiger partial charge in [-0.15, -0.1) is 0 Å². The summed E-state index contributed by atoms with van der Waals surface area (Å²) in [7, 11) is 0. The molecule has 6 nitrogen and oxygen atoms in total. The van der Waals surface area contributed by atoms with Crippen molar-refractivity contribution >= 4 is 23.0 Å². The Morgan fingerprint density at radius 1 is 1.29 bits per heavy atom. The number of nitrogens with one attached hydrogen (secondary N) is 1. The second-order valence-electron chi connectivity index (χ2n) is 4.75. The number of nitrogens with two attached hydrogens (primary N) is 1. The minimum absolute atomic E-state index is 0.107. The van der Waals surface area contributed by atoms with Crippen molar-refractivity contribution in [1.29, 1.82) is 0 Å². The van der Waals surface area contributed by atoms with Gasteiger partial charge in [0.05, 0.1) is 11.3 Å². The Morgan fingerprint density at radius 3 is 2.71 bits per heavy atom. The number of hydrogen-bond acceptors (Lipinski definition) is 4. The Bertz CT molecular complexity index is 698. The lowest BCUT2D eigenvalue weighted by Crippen LogP contribution is -2.15. The summed E-state index contributed by atoms with van der Waals surface area (Å²) in [6.07, 6.45) is 0.107. The zero-order valence-electron chi connectivity index (χ0n) is 11.5. The van der Waals surface area contributed by atoms with Gasteiger partial charge in [0.25, 0.3) is 5.69 Å². The topological polar surface area (TPSA) is 98.3 Å². The zero-order chi connectivity index (χ0) is 15.4. The second kappa shape index (κ2) is 6.04. The summed E-state index contributed by atoms with van der Waals surface area (Å²) in [5.74, 6) is -0.326. The van der Waals surface area contributed by atoms with E-state index in [1.54, 1.807) is 37.3 Å². The van der Waals surface area contributed by atoms with Crippen LogP contribution >= 0.6 is 0 Å². The van der Waals surface area contributed by atoms with E-state index >= 15 is 0 Å². The van der Waals surface area contributed by atoms with Crippen molar-refractivity contribution in [2.75, 3.05) is 11.1 Å². The quantitative estimate of drug-likeness (QED) is 0.512. The van der Waals surface area contributed by atoms with Crippen LogP contribution in [-0.2, 0) is 11.2 Å². The highest BCUT2D eigenvalue weighted by Gasteiger charge is 2.16. The van der Waals surface area contributed by atoms with Gasteiger partial charge in [-0.25, -0.2) is 0 Å². The Kier molecular flexibility index (Phi) is 4.18. The minimum atomic E-state index is -0.511. The van der Waals surface area contributed by atoms with Gasteiger partial charge in [-0.3, -0.25) is 14.9 Å². The molecule has 2 rings (SSSR count). The van der Waals surface area contributed by atoms with Crippen LogP contribution in [0.2, 0.25) is 0 Å². The van der Waals surface area contributed by atoms with Gasteiger partial charge in [-0.2, -0.15) is 0 Å². The first-order chi connectivity index (χ1) is 9.95. The standard InChI is InChI=1S/C15H15N3O3/c1-10-5-6-13(14(7-10)18(20)21)17-15(19)9-11-3-2-4-12(16)8-11/h2-8H,9,16H2,1H3,(H,17,19). The number of benzene rings is 2. The lowest BCUT2D eigenvalue weighted by Gasteiger charge is -2.07. The van der Waals surface area contributed by atoms with Crippen LogP contribution in [0.25, 0.3) is 0 Å². The third kappa shape index (κ3) is 3.79. The number of nitrogen functional groups attached to an aromatic ring is 1. The SMILES string of the molecule is Cc1ccc(NC(=O)Cc2cccc(N)c2)c([N+](=O)[O-])c1. The average molecular weight is 285 g/mol. The molecule has 0 aliphatic heterocycles. The highest BCUT2D eigenvalue weighted by molar-refractivity contribution is 5.94. The van der Waals surface area contributed by atoms with E-state index in [0.29, 0.717) is 5.69 Å². The van der Waals surface area contributed by atoms with Crippen molar-refractivity contribution in [3.8, 4) is 0 Å². The van der Waals surface area contributed by atoms with Gasteiger partial charge in [-0.05, 0) is 36.2 Å². The van der Waals surface area contributed by atoms with Crippen molar-refractivity contribution in [3.63, 3.8) is 0 Å². The summed E-state index contributed by atoms with van der Waals surface area (Å²) in [5, 5.41) is 13.6. The lowest BCUT2D eigenvalue weighted by molar-refractivity contribution is -0.384. The molecule has 0 saturated carbocycles. The van der Waals surface area contributed by atoms with E-state index < -0.39 is 4.92 Å². The Labute approximate surface area is 121 Å². The van der Waals surface area contributed by atoms with Crippen LogP contribution in [0.5, 0.6) is 0 Å². The fraction of sp³-hybridized carbons (Fsp3) is 0.133. The van der Waals surface area contributed by atoms with Gasteiger partial charge in [0.1, 0.15) is 5.69 Å². The first-order valence-electron chi connectivity index (χ1n) is 6.35. The van der Waals surface area contributed by atoms with Crippen molar-refractivity contribution < 1.29 is 9.72 Å². The molecule has 1 amide bonds. The van der Waals surface area contributed by atoms with Crippen molar-refractivity contribution in [1.82, 2.24) is 0 Å². The highest BCUT2D eigenvalue weighted by atomic mass is 16.6. The van der Waals surface area contributed by atoms with Crippen LogP contribution in [0.1, 0.15) is 11.1 Å². The number of carbonyl (C=O) groups excluding carboxylic acids is 1. The van der Waals surface area contributed by atoms with E-state index in [1.807, 2.05) is 0 Å². The van der Waals surface area contributed by atoms with Crippen LogP contribution in [0.15, 0.2) is 42.5 Å². The molecule has 0 heterocycles. The summed E-state index contributed by atoms with van der Waals surface area (Å²) in [4.78, 5) is 22.5.